The van der Waals surface area contributed by atoms with Crippen LogP contribution in [-0.2, 0) is 0 Å². The summed E-state index contributed by atoms with van der Waals surface area (Å²) in [7, 11) is 0. The van der Waals surface area contributed by atoms with Crippen molar-refractivity contribution in [1.29, 1.82) is 0 Å². The maximum atomic E-state index is 9.71. The summed E-state index contributed by atoms with van der Waals surface area (Å²) >= 11 is 6.14. The molecule has 1 heterocycles. The predicted octanol–water partition coefficient (Wildman–Crippen LogP) is 4.71. The molecule has 0 unspecified atom stereocenters. The van der Waals surface area contributed by atoms with Gasteiger partial charge in [0.05, 0.1) is 11.0 Å². The van der Waals surface area contributed by atoms with E-state index in [-0.39, 0.29) is 0 Å². The summed E-state index contributed by atoms with van der Waals surface area (Å²) < 4.78 is 2.28. The first-order chi connectivity index (χ1) is 10.1. The fourth-order valence-corrected chi connectivity index (χ4v) is 2.93. The van der Waals surface area contributed by atoms with Crippen LogP contribution < -0.4 is 0 Å². The molecule has 0 amide bonds. The molecule has 1 fully saturated rings. The number of fused-ring (bicyclic) bond motifs is 1. The SMILES string of the molecule is Cc1cc(-c2nc3ccc(Cl)cc3n2C2CC2)ccc1O. The van der Waals surface area contributed by atoms with E-state index in [1.807, 2.05) is 37.3 Å². The molecular weight excluding hydrogens is 284 g/mol. The Bertz CT molecular complexity index is 849. The third kappa shape index (κ3) is 2.09. The van der Waals surface area contributed by atoms with E-state index in [2.05, 4.69) is 4.57 Å². The molecule has 0 radical (unpaired) electrons. The van der Waals surface area contributed by atoms with Crippen LogP contribution in [0.5, 0.6) is 5.75 Å². The Labute approximate surface area is 127 Å². The van der Waals surface area contributed by atoms with Crippen molar-refractivity contribution in [2.75, 3.05) is 0 Å². The highest BCUT2D eigenvalue weighted by Gasteiger charge is 2.28. The third-order valence-electron chi connectivity index (χ3n) is 4.02. The summed E-state index contributed by atoms with van der Waals surface area (Å²) in [6, 6.07) is 12.0. The Kier molecular flexibility index (Phi) is 2.73. The molecule has 1 aromatic heterocycles. The van der Waals surface area contributed by atoms with Crippen LogP contribution in [0.2, 0.25) is 5.02 Å². The first kappa shape index (κ1) is 12.7. The van der Waals surface area contributed by atoms with Crippen LogP contribution in [0.1, 0.15) is 24.4 Å². The number of phenolic OH excluding ortho intramolecular Hbond substituents is 1. The van der Waals surface area contributed by atoms with Gasteiger partial charge in [0.15, 0.2) is 0 Å². The standard InChI is InChI=1S/C17H15ClN2O/c1-10-8-11(2-7-16(10)21)17-19-14-6-3-12(18)9-15(14)20(17)13-4-5-13/h2-3,6-9,13,21H,4-5H2,1H3. The van der Waals surface area contributed by atoms with Crippen LogP contribution in [0.3, 0.4) is 0 Å². The molecule has 4 heteroatoms. The second kappa shape index (κ2) is 4.50. The summed E-state index contributed by atoms with van der Waals surface area (Å²) in [5, 5.41) is 10.4. The number of phenols is 1. The van der Waals surface area contributed by atoms with Crippen molar-refractivity contribution in [2.45, 2.75) is 25.8 Å². The van der Waals surface area contributed by atoms with Gasteiger partial charge in [-0.1, -0.05) is 11.6 Å². The minimum atomic E-state index is 0.316. The van der Waals surface area contributed by atoms with E-state index in [9.17, 15) is 5.11 Å². The molecule has 4 rings (SSSR count). The lowest BCUT2D eigenvalue weighted by Crippen LogP contribution is -1.97. The first-order valence-corrected chi connectivity index (χ1v) is 7.49. The van der Waals surface area contributed by atoms with Crippen LogP contribution in [0.25, 0.3) is 22.4 Å². The van der Waals surface area contributed by atoms with E-state index in [1.165, 1.54) is 12.8 Å². The van der Waals surface area contributed by atoms with Gasteiger partial charge in [-0.25, -0.2) is 4.98 Å². The van der Waals surface area contributed by atoms with Crippen molar-refractivity contribution in [2.24, 2.45) is 0 Å². The van der Waals surface area contributed by atoms with E-state index in [0.717, 1.165) is 33.0 Å². The number of imidazole rings is 1. The van der Waals surface area contributed by atoms with E-state index in [4.69, 9.17) is 16.6 Å². The Morgan fingerprint density at radius 2 is 2.00 bits per heavy atom. The van der Waals surface area contributed by atoms with Gasteiger partial charge in [-0.05, 0) is 61.7 Å². The highest BCUT2D eigenvalue weighted by molar-refractivity contribution is 6.31. The zero-order valence-electron chi connectivity index (χ0n) is 11.7. The Hall–Kier alpha value is -2.00. The number of halogens is 1. The van der Waals surface area contributed by atoms with Gasteiger partial charge in [-0.15, -0.1) is 0 Å². The van der Waals surface area contributed by atoms with Crippen LogP contribution in [0.15, 0.2) is 36.4 Å². The summed E-state index contributed by atoms with van der Waals surface area (Å²) in [6.45, 7) is 1.90. The molecule has 1 saturated carbocycles. The van der Waals surface area contributed by atoms with E-state index < -0.39 is 0 Å². The minimum absolute atomic E-state index is 0.316. The van der Waals surface area contributed by atoms with Gasteiger partial charge in [0, 0.05) is 16.6 Å². The fourth-order valence-electron chi connectivity index (χ4n) is 2.77. The first-order valence-electron chi connectivity index (χ1n) is 7.11. The number of rotatable bonds is 2. The Morgan fingerprint density at radius 1 is 1.19 bits per heavy atom. The van der Waals surface area contributed by atoms with E-state index >= 15 is 0 Å². The normalized spacial score (nSPS) is 14.8. The van der Waals surface area contributed by atoms with Crippen molar-refractivity contribution < 1.29 is 5.11 Å². The molecule has 0 spiro atoms. The average molecular weight is 299 g/mol. The Balaban J connectivity index is 1.99. The van der Waals surface area contributed by atoms with Crippen molar-refractivity contribution in [3.8, 4) is 17.1 Å². The highest BCUT2D eigenvalue weighted by Crippen LogP contribution is 2.42. The lowest BCUT2D eigenvalue weighted by molar-refractivity contribution is 0.471. The number of aryl methyl sites for hydroxylation is 1. The van der Waals surface area contributed by atoms with Gasteiger partial charge in [-0.3, -0.25) is 0 Å². The maximum Gasteiger partial charge on any atom is 0.141 e. The summed E-state index contributed by atoms with van der Waals surface area (Å²) in [5.41, 5.74) is 3.95. The molecule has 106 valence electrons. The lowest BCUT2D eigenvalue weighted by atomic mass is 10.1. The smallest absolute Gasteiger partial charge is 0.141 e. The topological polar surface area (TPSA) is 38.0 Å². The fraction of sp³-hybridized carbons (Fsp3) is 0.235. The van der Waals surface area contributed by atoms with Gasteiger partial charge in [-0.2, -0.15) is 0 Å². The van der Waals surface area contributed by atoms with Crippen molar-refractivity contribution in [3.63, 3.8) is 0 Å². The molecule has 3 aromatic rings. The van der Waals surface area contributed by atoms with Crippen LogP contribution in [0, 0.1) is 6.92 Å². The molecule has 0 atom stereocenters. The molecule has 1 aliphatic carbocycles. The van der Waals surface area contributed by atoms with E-state index in [1.54, 1.807) is 6.07 Å². The molecule has 0 saturated heterocycles. The molecule has 1 N–H and O–H groups in total. The molecule has 3 nitrogen and oxygen atoms in total. The van der Waals surface area contributed by atoms with Crippen LogP contribution >= 0.6 is 11.6 Å². The average Bonchev–Trinajstić information content (AvgIpc) is 3.23. The molecule has 0 aliphatic heterocycles. The number of hydrogen-bond acceptors (Lipinski definition) is 2. The number of benzene rings is 2. The predicted molar refractivity (Wildman–Crippen MR) is 84.9 cm³/mol. The molecular formula is C17H15ClN2O. The second-order valence-electron chi connectivity index (χ2n) is 5.67. The van der Waals surface area contributed by atoms with Crippen molar-refractivity contribution >= 4 is 22.6 Å². The van der Waals surface area contributed by atoms with Gasteiger partial charge < -0.3 is 9.67 Å². The second-order valence-corrected chi connectivity index (χ2v) is 6.11. The summed E-state index contributed by atoms with van der Waals surface area (Å²) in [6.07, 6.45) is 2.37. The van der Waals surface area contributed by atoms with Crippen LogP contribution in [0.4, 0.5) is 0 Å². The number of aromatic nitrogens is 2. The van der Waals surface area contributed by atoms with Gasteiger partial charge >= 0.3 is 0 Å². The largest absolute Gasteiger partial charge is 0.508 e. The van der Waals surface area contributed by atoms with Crippen molar-refractivity contribution in [3.05, 3.63) is 47.0 Å². The zero-order valence-corrected chi connectivity index (χ0v) is 12.4. The third-order valence-corrected chi connectivity index (χ3v) is 4.25. The summed E-state index contributed by atoms with van der Waals surface area (Å²) in [5.74, 6) is 1.27. The molecule has 2 aromatic carbocycles. The molecule has 1 aliphatic rings. The number of aromatic hydroxyl groups is 1. The van der Waals surface area contributed by atoms with Gasteiger partial charge in [0.25, 0.3) is 0 Å². The van der Waals surface area contributed by atoms with Crippen LogP contribution in [-0.4, -0.2) is 14.7 Å². The van der Waals surface area contributed by atoms with E-state index in [0.29, 0.717) is 11.8 Å². The van der Waals surface area contributed by atoms with Gasteiger partial charge in [0.1, 0.15) is 11.6 Å². The zero-order chi connectivity index (χ0) is 14.6. The number of hydrogen-bond donors (Lipinski definition) is 1. The van der Waals surface area contributed by atoms with Gasteiger partial charge in [0.2, 0.25) is 0 Å². The maximum absolute atomic E-state index is 9.71. The molecule has 21 heavy (non-hydrogen) atoms. The van der Waals surface area contributed by atoms with Crippen molar-refractivity contribution in [1.82, 2.24) is 9.55 Å². The Morgan fingerprint density at radius 3 is 2.71 bits per heavy atom. The monoisotopic (exact) mass is 298 g/mol. The highest BCUT2D eigenvalue weighted by atomic mass is 35.5. The minimum Gasteiger partial charge on any atom is -0.508 e. The lowest BCUT2D eigenvalue weighted by Gasteiger charge is -2.09. The quantitative estimate of drug-likeness (QED) is 0.744. The summed E-state index contributed by atoms with van der Waals surface area (Å²) in [4.78, 5) is 4.78. The number of nitrogens with zero attached hydrogens (tertiary/aromatic N) is 2. The molecule has 0 bridgehead atoms.